The summed E-state index contributed by atoms with van der Waals surface area (Å²) in [5.41, 5.74) is 4.32. The average molecular weight is 814 g/mol. The van der Waals surface area contributed by atoms with Crippen LogP contribution in [0.3, 0.4) is 0 Å². The zero-order valence-corrected chi connectivity index (χ0v) is 33.4. The number of nitrogens with zero attached hydrogens (tertiary/aromatic N) is 5. The minimum absolute atomic E-state index is 0.0468. The lowest BCUT2D eigenvalue weighted by molar-refractivity contribution is -0.128. The van der Waals surface area contributed by atoms with Crippen molar-refractivity contribution in [3.8, 4) is 39.4 Å². The van der Waals surface area contributed by atoms with E-state index in [4.69, 9.17) is 37.7 Å². The van der Waals surface area contributed by atoms with Crippen LogP contribution in [-0.4, -0.2) is 85.1 Å². The molecule has 0 spiro atoms. The lowest BCUT2D eigenvalue weighted by atomic mass is 9.97. The molecule has 5 aromatic rings. The Bertz CT molecular complexity index is 2450. The van der Waals surface area contributed by atoms with E-state index in [0.717, 1.165) is 0 Å². The number of likely N-dealkylation sites (tertiary alicyclic amines) is 1. The minimum atomic E-state index is -0.734. The van der Waals surface area contributed by atoms with E-state index >= 15 is 0 Å². The van der Waals surface area contributed by atoms with Gasteiger partial charge in [0.15, 0.2) is 0 Å². The Kier molecular flexibility index (Phi) is 11.3. The SMILES string of the molecule is COc1nc(-c2cccc(-c3cccc(-c4ccn5c(=O)cc(CN6C[C@@H](O)CC6=O)nc5c4)c3Cl)c2Cl)ccc1CN(C[C@@H]1CCC(=O)N1)C(=O)OC(C)(C)C. The van der Waals surface area contributed by atoms with E-state index in [2.05, 4.69) is 10.3 Å². The summed E-state index contributed by atoms with van der Waals surface area (Å²) in [5, 5.41) is 13.7. The predicted octanol–water partition coefficient (Wildman–Crippen LogP) is 6.51. The molecule has 0 saturated carbocycles. The van der Waals surface area contributed by atoms with E-state index in [1.807, 2.05) is 48.5 Å². The highest BCUT2D eigenvalue weighted by molar-refractivity contribution is 6.39. The summed E-state index contributed by atoms with van der Waals surface area (Å²) in [7, 11) is 1.51. The van der Waals surface area contributed by atoms with Gasteiger partial charge in [0.25, 0.3) is 5.56 Å². The molecule has 13 nitrogen and oxygen atoms in total. The number of β-amino-alcohol motifs (C(OH)–C–C–N with tert-alkyl or cyclic N) is 1. The topological polar surface area (TPSA) is 156 Å². The highest BCUT2D eigenvalue weighted by Crippen LogP contribution is 2.42. The van der Waals surface area contributed by atoms with Crippen molar-refractivity contribution in [1.29, 1.82) is 0 Å². The van der Waals surface area contributed by atoms with Crippen LogP contribution in [-0.2, 0) is 27.4 Å². The van der Waals surface area contributed by atoms with Crippen LogP contribution in [0.1, 0.15) is 51.3 Å². The number of benzene rings is 2. The molecular formula is C42H42Cl2N6O7. The maximum absolute atomic E-state index is 13.3. The number of ether oxygens (including phenoxy) is 2. The van der Waals surface area contributed by atoms with Crippen LogP contribution < -0.4 is 15.6 Å². The Morgan fingerprint density at radius 3 is 2.32 bits per heavy atom. The first kappa shape index (κ1) is 39.7. The Morgan fingerprint density at radius 2 is 1.67 bits per heavy atom. The van der Waals surface area contributed by atoms with Gasteiger partial charge in [0, 0.05) is 65.6 Å². The molecule has 3 amide bonds. The van der Waals surface area contributed by atoms with Crippen molar-refractivity contribution in [1.82, 2.24) is 29.5 Å². The Balaban J connectivity index is 1.17. The Labute approximate surface area is 339 Å². The quantitative estimate of drug-likeness (QED) is 0.161. The zero-order chi connectivity index (χ0) is 40.6. The standard InChI is InChI=1S/C42H42Cl2N6O7/c1-42(2,3)57-41(55)49(21-26-12-14-35(52)46-26)20-25-11-13-33(47-40(25)56-4)32-10-6-9-31(39(32)44)30-8-5-7-29(38(30)43)24-15-16-50-34(17-24)45-27(18-37(50)54)22-48-23-28(51)19-36(48)53/h5-11,13,15-18,26,28,51H,12,14,19-23H2,1-4H3,(H,46,52)/t26-,28-/m0/s1. The van der Waals surface area contributed by atoms with Gasteiger partial charge in [-0.15, -0.1) is 0 Å². The molecular weight excluding hydrogens is 771 g/mol. The van der Waals surface area contributed by atoms with Gasteiger partial charge in [-0.05, 0) is 57.0 Å². The van der Waals surface area contributed by atoms with Crippen LogP contribution in [0.4, 0.5) is 4.79 Å². The molecule has 0 radical (unpaired) electrons. The lowest BCUT2D eigenvalue weighted by Crippen LogP contribution is -2.43. The van der Waals surface area contributed by atoms with Gasteiger partial charge >= 0.3 is 6.09 Å². The molecule has 2 aromatic carbocycles. The van der Waals surface area contributed by atoms with Crippen molar-refractivity contribution in [2.24, 2.45) is 0 Å². The second-order valence-corrected chi connectivity index (χ2v) is 16.0. The molecule has 296 valence electrons. The van der Waals surface area contributed by atoms with Crippen LogP contribution in [0.15, 0.2) is 77.7 Å². The third-order valence-corrected chi connectivity index (χ3v) is 10.6. The van der Waals surface area contributed by atoms with E-state index in [0.29, 0.717) is 79.2 Å². The molecule has 15 heteroatoms. The van der Waals surface area contributed by atoms with Crippen LogP contribution in [0.5, 0.6) is 5.88 Å². The Morgan fingerprint density at radius 1 is 0.965 bits per heavy atom. The summed E-state index contributed by atoms with van der Waals surface area (Å²) in [6.07, 6.45) is 1.46. The largest absolute Gasteiger partial charge is 0.481 e. The second-order valence-electron chi connectivity index (χ2n) is 15.2. The van der Waals surface area contributed by atoms with Gasteiger partial charge in [-0.3, -0.25) is 18.8 Å². The maximum Gasteiger partial charge on any atom is 0.410 e. The number of halogens is 2. The molecule has 5 heterocycles. The van der Waals surface area contributed by atoms with E-state index in [-0.39, 0.29) is 56.0 Å². The molecule has 2 saturated heterocycles. The van der Waals surface area contributed by atoms with E-state index < -0.39 is 17.8 Å². The molecule has 0 aliphatic carbocycles. The lowest BCUT2D eigenvalue weighted by Gasteiger charge is -2.29. The smallest absolute Gasteiger partial charge is 0.410 e. The first-order chi connectivity index (χ1) is 27.2. The second kappa shape index (κ2) is 16.2. The number of aliphatic hydroxyl groups is 1. The van der Waals surface area contributed by atoms with Gasteiger partial charge in [-0.25, -0.2) is 14.8 Å². The summed E-state index contributed by atoms with van der Waals surface area (Å²) < 4.78 is 12.8. The molecule has 2 aliphatic rings. The van der Waals surface area contributed by atoms with Crippen molar-refractivity contribution < 1.29 is 29.0 Å². The number of carbonyl (C=O) groups excluding carboxylic acids is 3. The molecule has 57 heavy (non-hydrogen) atoms. The van der Waals surface area contributed by atoms with Gasteiger partial charge in [0.1, 0.15) is 11.2 Å². The van der Waals surface area contributed by atoms with Gasteiger partial charge in [0.2, 0.25) is 17.7 Å². The number of aromatic nitrogens is 3. The highest BCUT2D eigenvalue weighted by atomic mass is 35.5. The number of hydrogen-bond donors (Lipinski definition) is 2. The summed E-state index contributed by atoms with van der Waals surface area (Å²) in [5.74, 6) is 0.0653. The molecule has 2 aliphatic heterocycles. The average Bonchev–Trinajstić information content (AvgIpc) is 3.72. The summed E-state index contributed by atoms with van der Waals surface area (Å²) >= 11 is 14.3. The number of pyridine rings is 2. The summed E-state index contributed by atoms with van der Waals surface area (Å²) in [6, 6.07) is 19.6. The third kappa shape index (κ3) is 8.75. The first-order valence-electron chi connectivity index (χ1n) is 18.5. The van der Waals surface area contributed by atoms with E-state index in [9.17, 15) is 24.3 Å². The fourth-order valence-electron chi connectivity index (χ4n) is 7.13. The van der Waals surface area contributed by atoms with Gasteiger partial charge in [-0.1, -0.05) is 59.6 Å². The number of rotatable bonds is 10. The van der Waals surface area contributed by atoms with E-state index in [1.54, 1.807) is 44.0 Å². The number of aliphatic hydroxyl groups excluding tert-OH is 1. The molecule has 3 aromatic heterocycles. The van der Waals surface area contributed by atoms with E-state index in [1.165, 1.54) is 22.5 Å². The molecule has 0 unspecified atom stereocenters. The molecule has 2 fully saturated rings. The number of amides is 3. The van der Waals surface area contributed by atoms with Crippen LogP contribution >= 0.6 is 23.2 Å². The fraction of sp³-hybridized carbons (Fsp3) is 0.333. The van der Waals surface area contributed by atoms with Crippen molar-refractivity contribution in [3.63, 3.8) is 0 Å². The summed E-state index contributed by atoms with van der Waals surface area (Å²) in [4.78, 5) is 63.0. The van der Waals surface area contributed by atoms with Crippen molar-refractivity contribution >= 4 is 46.8 Å². The monoisotopic (exact) mass is 812 g/mol. The molecule has 2 N–H and O–H groups in total. The number of carbonyl (C=O) groups is 3. The fourth-order valence-corrected chi connectivity index (χ4v) is 7.79. The zero-order valence-electron chi connectivity index (χ0n) is 31.9. The predicted molar refractivity (Wildman–Crippen MR) is 216 cm³/mol. The Hall–Kier alpha value is -5.50. The van der Waals surface area contributed by atoms with Crippen LogP contribution in [0.2, 0.25) is 10.0 Å². The number of fused-ring (bicyclic) bond motifs is 1. The first-order valence-corrected chi connectivity index (χ1v) is 19.3. The molecule has 7 rings (SSSR count). The normalized spacial score (nSPS) is 16.9. The third-order valence-electron chi connectivity index (χ3n) is 9.81. The van der Waals surface area contributed by atoms with Crippen molar-refractivity contribution in [3.05, 3.63) is 105 Å². The van der Waals surface area contributed by atoms with Gasteiger partial charge in [-0.2, -0.15) is 0 Å². The van der Waals surface area contributed by atoms with Crippen molar-refractivity contribution in [2.45, 2.75) is 70.9 Å². The molecule has 0 bridgehead atoms. The van der Waals surface area contributed by atoms with Crippen LogP contribution in [0.25, 0.3) is 39.2 Å². The highest BCUT2D eigenvalue weighted by Gasteiger charge is 2.30. The summed E-state index contributed by atoms with van der Waals surface area (Å²) in [6.45, 7) is 6.11. The minimum Gasteiger partial charge on any atom is -0.481 e. The van der Waals surface area contributed by atoms with Gasteiger partial charge in [0.05, 0.1) is 54.2 Å². The van der Waals surface area contributed by atoms with Crippen LogP contribution in [0, 0.1) is 0 Å². The maximum atomic E-state index is 13.3. The number of methoxy groups -OCH3 is 1. The number of hydrogen-bond acceptors (Lipinski definition) is 9. The number of nitrogens with one attached hydrogen (secondary N) is 1. The van der Waals surface area contributed by atoms with Gasteiger partial charge < -0.3 is 29.7 Å². The van der Waals surface area contributed by atoms with Crippen molar-refractivity contribution in [2.75, 3.05) is 20.2 Å². The molecule has 2 atom stereocenters.